The lowest BCUT2D eigenvalue weighted by Crippen LogP contribution is -2.61. The topological polar surface area (TPSA) is 142 Å². The number of rotatable bonds is 6. The first-order valence-corrected chi connectivity index (χ1v) is 15.1. The lowest BCUT2D eigenvalue weighted by molar-refractivity contribution is -0.142. The summed E-state index contributed by atoms with van der Waals surface area (Å²) in [5.74, 6) is -5.83. The van der Waals surface area contributed by atoms with Crippen LogP contribution in [0.25, 0.3) is 0 Å². The van der Waals surface area contributed by atoms with Crippen LogP contribution in [0.4, 0.5) is 0 Å². The van der Waals surface area contributed by atoms with Crippen molar-refractivity contribution in [3.05, 3.63) is 47.2 Å². The number of benzene rings is 1. The standard InChI is InChI=1S/C28H25BrCl2N2O8/c29-12-33-25(39)27(30)10-18-16(4-5-17-21(18)24(38)32(23(17)37)7-1-2-20(35)36)22(28(27,31)26(33)40)14-8-13-9-15(34)3-6-19(13)41-11-14/h3-4,6,9,11,17-18,21-22,34H,1-2,5,7-8,10,12H2,(H,35,36)/t17-,18+,21-,22-,27+,28-/m0/s1. The van der Waals surface area contributed by atoms with Gasteiger partial charge in [0.05, 0.1) is 23.6 Å². The van der Waals surface area contributed by atoms with Crippen LogP contribution in [0.3, 0.4) is 0 Å². The second-order valence-corrected chi connectivity index (χ2v) is 12.8. The Morgan fingerprint density at radius 2 is 1.85 bits per heavy atom. The number of phenols is 1. The van der Waals surface area contributed by atoms with Gasteiger partial charge in [-0.25, -0.2) is 0 Å². The molecule has 0 bridgehead atoms. The molecule has 1 aromatic carbocycles. The van der Waals surface area contributed by atoms with Crippen LogP contribution in [0.5, 0.6) is 11.5 Å². The largest absolute Gasteiger partial charge is 0.508 e. The van der Waals surface area contributed by atoms with Gasteiger partial charge in [-0.05, 0) is 49.0 Å². The number of halogens is 3. The number of carbonyl (C=O) groups is 5. The molecule has 2 aliphatic carbocycles. The number of ether oxygens (including phenoxy) is 1. The molecule has 0 unspecified atom stereocenters. The summed E-state index contributed by atoms with van der Waals surface area (Å²) in [5.41, 5.74) is 1.70. The van der Waals surface area contributed by atoms with Gasteiger partial charge in [0.1, 0.15) is 11.5 Å². The fourth-order valence-electron chi connectivity index (χ4n) is 7.24. The summed E-state index contributed by atoms with van der Waals surface area (Å²) in [7, 11) is 0. The number of carboxylic acid groups (broad SMARTS) is 1. The molecule has 5 aliphatic rings. The summed E-state index contributed by atoms with van der Waals surface area (Å²) in [4.78, 5) is 63.8. The quantitative estimate of drug-likeness (QED) is 0.204. The number of hydrogen-bond acceptors (Lipinski definition) is 7. The molecule has 41 heavy (non-hydrogen) atoms. The molecule has 6 atom stereocenters. The van der Waals surface area contributed by atoms with E-state index in [1.807, 2.05) is 6.08 Å². The van der Waals surface area contributed by atoms with Crippen LogP contribution >= 0.6 is 39.1 Å². The molecule has 6 rings (SSSR count). The zero-order chi connectivity index (χ0) is 29.4. The predicted molar refractivity (Wildman–Crippen MR) is 148 cm³/mol. The van der Waals surface area contributed by atoms with Gasteiger partial charge < -0.3 is 14.9 Å². The van der Waals surface area contributed by atoms with Crippen molar-refractivity contribution in [2.45, 2.75) is 41.9 Å². The number of amides is 4. The Labute approximate surface area is 253 Å². The average molecular weight is 668 g/mol. The Bertz CT molecular complexity index is 1480. The molecule has 2 saturated heterocycles. The van der Waals surface area contributed by atoms with Crippen molar-refractivity contribution in [3.63, 3.8) is 0 Å². The van der Waals surface area contributed by atoms with Gasteiger partial charge in [-0.15, -0.1) is 23.2 Å². The van der Waals surface area contributed by atoms with E-state index in [0.29, 0.717) is 22.5 Å². The molecule has 13 heteroatoms. The van der Waals surface area contributed by atoms with E-state index in [4.69, 9.17) is 33.0 Å². The molecular formula is C28H25BrCl2N2O8. The van der Waals surface area contributed by atoms with Crippen molar-refractivity contribution in [3.8, 4) is 11.5 Å². The number of alkyl halides is 3. The number of likely N-dealkylation sites (tertiary alicyclic amines) is 2. The third kappa shape index (κ3) is 3.91. The van der Waals surface area contributed by atoms with E-state index in [1.165, 1.54) is 12.3 Å². The van der Waals surface area contributed by atoms with Crippen LogP contribution in [-0.4, -0.2) is 71.4 Å². The lowest BCUT2D eigenvalue weighted by atomic mass is 9.56. The van der Waals surface area contributed by atoms with E-state index in [-0.39, 0.29) is 55.8 Å². The van der Waals surface area contributed by atoms with Crippen molar-refractivity contribution in [1.29, 1.82) is 0 Å². The van der Waals surface area contributed by atoms with Gasteiger partial charge in [0.15, 0.2) is 9.75 Å². The number of allylic oxidation sites excluding steroid dienone is 3. The molecule has 1 saturated carbocycles. The minimum absolute atomic E-state index is 0.0257. The summed E-state index contributed by atoms with van der Waals surface area (Å²) in [6, 6.07) is 4.65. The number of carbonyl (C=O) groups excluding carboxylic acids is 4. The highest BCUT2D eigenvalue weighted by atomic mass is 79.9. The molecule has 10 nitrogen and oxygen atoms in total. The van der Waals surface area contributed by atoms with Gasteiger partial charge in [-0.1, -0.05) is 27.6 Å². The number of fused-ring (bicyclic) bond motifs is 5. The average Bonchev–Trinajstić information content (AvgIpc) is 3.25. The monoisotopic (exact) mass is 666 g/mol. The van der Waals surface area contributed by atoms with Gasteiger partial charge >= 0.3 is 5.97 Å². The van der Waals surface area contributed by atoms with E-state index in [0.717, 1.165) is 9.80 Å². The molecule has 216 valence electrons. The summed E-state index contributed by atoms with van der Waals surface area (Å²) >= 11 is 17.6. The highest BCUT2D eigenvalue weighted by molar-refractivity contribution is 9.09. The van der Waals surface area contributed by atoms with Crippen molar-refractivity contribution < 1.29 is 38.9 Å². The number of hydrogen-bond donors (Lipinski definition) is 2. The molecule has 0 radical (unpaired) electrons. The maximum atomic E-state index is 13.9. The van der Waals surface area contributed by atoms with Crippen molar-refractivity contribution in [2.75, 3.05) is 12.0 Å². The lowest BCUT2D eigenvalue weighted by Gasteiger charge is -2.51. The smallest absolute Gasteiger partial charge is 0.303 e. The summed E-state index contributed by atoms with van der Waals surface area (Å²) in [5, 5.41) is 19.1. The Kier molecular flexibility index (Phi) is 6.78. The molecule has 3 heterocycles. The normalized spacial score (nSPS) is 33.9. The number of phenolic OH excluding ortho intramolecular Hbond substituents is 1. The maximum absolute atomic E-state index is 13.9. The van der Waals surface area contributed by atoms with Gasteiger partial charge in [0, 0.05) is 30.9 Å². The second-order valence-electron chi connectivity index (χ2n) is 11.1. The van der Waals surface area contributed by atoms with Gasteiger partial charge in [0.2, 0.25) is 11.8 Å². The Morgan fingerprint density at radius 1 is 1.10 bits per heavy atom. The minimum Gasteiger partial charge on any atom is -0.508 e. The molecule has 2 N–H and O–H groups in total. The number of aliphatic carboxylic acids is 1. The number of carboxylic acids is 1. The molecular weight excluding hydrogens is 643 g/mol. The SMILES string of the molecule is O=C(O)CCCN1C(=O)[C@H]2[C@H](CC=C3[C@H](C4=COc5ccc(O)cc5C4)[C@]4(Cl)C(=O)N(CBr)C(=O)[C@]4(Cl)C[C@H]32)C1=O. The Balaban J connectivity index is 1.44. The van der Waals surface area contributed by atoms with E-state index in [2.05, 4.69) is 15.9 Å². The molecule has 3 fully saturated rings. The third-order valence-corrected chi connectivity index (χ3v) is 10.9. The highest BCUT2D eigenvalue weighted by Crippen LogP contribution is 2.64. The van der Waals surface area contributed by atoms with Gasteiger partial charge in [0.25, 0.3) is 11.8 Å². The van der Waals surface area contributed by atoms with Crippen molar-refractivity contribution >= 4 is 68.7 Å². The minimum atomic E-state index is -1.94. The predicted octanol–water partition coefficient (Wildman–Crippen LogP) is 3.32. The van der Waals surface area contributed by atoms with E-state index >= 15 is 0 Å². The molecule has 1 aromatic rings. The first-order valence-electron chi connectivity index (χ1n) is 13.2. The van der Waals surface area contributed by atoms with Crippen LogP contribution in [-0.2, 0) is 30.4 Å². The zero-order valence-electron chi connectivity index (χ0n) is 21.5. The number of aromatic hydroxyl groups is 1. The van der Waals surface area contributed by atoms with E-state index in [1.54, 1.807) is 12.1 Å². The molecule has 3 aliphatic heterocycles. The zero-order valence-corrected chi connectivity index (χ0v) is 24.6. The van der Waals surface area contributed by atoms with Crippen LogP contribution in [0, 0.1) is 23.7 Å². The molecule has 4 amide bonds. The van der Waals surface area contributed by atoms with Crippen LogP contribution < -0.4 is 4.74 Å². The number of imide groups is 2. The summed E-state index contributed by atoms with van der Waals surface area (Å²) in [6.07, 6.45) is 3.55. The van der Waals surface area contributed by atoms with Crippen LogP contribution in [0.2, 0.25) is 0 Å². The molecule has 0 aromatic heterocycles. The van der Waals surface area contributed by atoms with E-state index < -0.39 is 57.1 Å². The third-order valence-electron chi connectivity index (χ3n) is 9.03. The Hall–Kier alpha value is -2.89. The summed E-state index contributed by atoms with van der Waals surface area (Å²) < 4.78 is 5.87. The van der Waals surface area contributed by atoms with E-state index in [9.17, 15) is 29.1 Å². The second kappa shape index (κ2) is 9.84. The van der Waals surface area contributed by atoms with Gasteiger partial charge in [-0.3, -0.25) is 33.8 Å². The maximum Gasteiger partial charge on any atom is 0.303 e. The van der Waals surface area contributed by atoms with Crippen LogP contribution in [0.1, 0.15) is 31.2 Å². The van der Waals surface area contributed by atoms with Gasteiger partial charge in [-0.2, -0.15) is 0 Å². The van der Waals surface area contributed by atoms with Crippen molar-refractivity contribution in [2.24, 2.45) is 23.7 Å². The fourth-order valence-corrected chi connectivity index (χ4v) is 8.68. The number of nitrogens with zero attached hydrogens (tertiary/aromatic N) is 2. The fraction of sp³-hybridized carbons (Fsp3) is 0.464. The van der Waals surface area contributed by atoms with Crippen LogP contribution in [0.15, 0.2) is 41.7 Å². The van der Waals surface area contributed by atoms with Crippen molar-refractivity contribution in [1.82, 2.24) is 9.80 Å². The first kappa shape index (κ1) is 28.2. The molecule has 0 spiro atoms. The Morgan fingerprint density at radius 3 is 2.56 bits per heavy atom. The highest BCUT2D eigenvalue weighted by Gasteiger charge is 2.76. The summed E-state index contributed by atoms with van der Waals surface area (Å²) in [6.45, 7) is -0.0258. The first-order chi connectivity index (χ1) is 19.4.